The normalized spacial score (nSPS) is 10.8. The van der Waals surface area contributed by atoms with Gasteiger partial charge in [0.25, 0.3) is 11.6 Å². The van der Waals surface area contributed by atoms with E-state index in [1.54, 1.807) is 35.2 Å². The third kappa shape index (κ3) is 3.32. The average molecular weight is 339 g/mol. The van der Waals surface area contributed by atoms with Gasteiger partial charge in [-0.2, -0.15) is 0 Å². The van der Waals surface area contributed by atoms with Crippen LogP contribution in [0.1, 0.15) is 30.3 Å². The molecule has 2 aromatic heterocycles. The molecule has 0 aliphatic carbocycles. The molecule has 8 nitrogen and oxygen atoms in total. The molecule has 1 N–H and O–H groups in total. The van der Waals surface area contributed by atoms with Gasteiger partial charge in [0.1, 0.15) is 5.69 Å². The summed E-state index contributed by atoms with van der Waals surface area (Å²) in [7, 11) is 0. The number of benzene rings is 1. The first-order valence-corrected chi connectivity index (χ1v) is 7.97. The molecule has 8 heteroatoms. The van der Waals surface area contributed by atoms with Crippen molar-refractivity contribution in [1.29, 1.82) is 0 Å². The lowest BCUT2D eigenvalue weighted by molar-refractivity contribution is -0.384. The van der Waals surface area contributed by atoms with Crippen LogP contribution in [0.4, 0.5) is 5.69 Å². The second-order valence-electron chi connectivity index (χ2n) is 5.52. The summed E-state index contributed by atoms with van der Waals surface area (Å²) in [5, 5.41) is 14.5. The number of hydrogen-bond acceptors (Lipinski definition) is 5. The van der Waals surface area contributed by atoms with Crippen molar-refractivity contribution in [3.05, 3.63) is 58.5 Å². The van der Waals surface area contributed by atoms with Crippen molar-refractivity contribution in [3.8, 4) is 5.95 Å². The Hall–Kier alpha value is -3.29. The maximum atomic E-state index is 12.6. The molecule has 25 heavy (non-hydrogen) atoms. The number of nitro groups is 1. The molecular formula is C17H17N5O3. The van der Waals surface area contributed by atoms with Gasteiger partial charge >= 0.3 is 0 Å². The molecule has 0 spiro atoms. The fourth-order valence-corrected chi connectivity index (χ4v) is 2.57. The second-order valence-corrected chi connectivity index (χ2v) is 5.52. The van der Waals surface area contributed by atoms with E-state index in [1.807, 2.05) is 6.92 Å². The minimum Gasteiger partial charge on any atom is -0.351 e. The predicted molar refractivity (Wildman–Crippen MR) is 92.8 cm³/mol. The van der Waals surface area contributed by atoms with E-state index in [9.17, 15) is 14.9 Å². The SMILES string of the molecule is CCCCNC(=O)c1cc2cc([N+](=O)[O-])ccc2n1-c1ncccn1. The molecule has 0 fully saturated rings. The summed E-state index contributed by atoms with van der Waals surface area (Å²) >= 11 is 0. The molecule has 128 valence electrons. The molecule has 3 rings (SSSR count). The van der Waals surface area contributed by atoms with Crippen molar-refractivity contribution < 1.29 is 9.72 Å². The highest BCUT2D eigenvalue weighted by atomic mass is 16.6. The number of aromatic nitrogens is 3. The highest BCUT2D eigenvalue weighted by Crippen LogP contribution is 2.26. The van der Waals surface area contributed by atoms with Gasteiger partial charge in [-0.05, 0) is 24.6 Å². The van der Waals surface area contributed by atoms with Crippen LogP contribution in [0.3, 0.4) is 0 Å². The molecule has 3 aromatic rings. The topological polar surface area (TPSA) is 103 Å². The van der Waals surface area contributed by atoms with Gasteiger partial charge in [-0.1, -0.05) is 13.3 Å². The molecule has 0 atom stereocenters. The molecule has 0 saturated heterocycles. The molecule has 0 bridgehead atoms. The lowest BCUT2D eigenvalue weighted by Gasteiger charge is -2.09. The number of nitro benzene ring substituents is 1. The van der Waals surface area contributed by atoms with Crippen LogP contribution in [0.25, 0.3) is 16.9 Å². The summed E-state index contributed by atoms with van der Waals surface area (Å²) < 4.78 is 1.61. The highest BCUT2D eigenvalue weighted by Gasteiger charge is 2.19. The van der Waals surface area contributed by atoms with Crippen LogP contribution in [-0.2, 0) is 0 Å². The molecule has 0 radical (unpaired) electrons. The Labute approximate surface area is 143 Å². The molecule has 0 aliphatic heterocycles. The Kier molecular flexibility index (Phi) is 4.69. The largest absolute Gasteiger partial charge is 0.351 e. The quantitative estimate of drug-likeness (QED) is 0.422. The summed E-state index contributed by atoms with van der Waals surface area (Å²) in [6, 6.07) is 7.76. The fraction of sp³-hybridized carbons (Fsp3) is 0.235. The zero-order valence-electron chi connectivity index (χ0n) is 13.7. The van der Waals surface area contributed by atoms with Gasteiger partial charge in [-0.25, -0.2) is 9.97 Å². The Bertz CT molecular complexity index is 921. The molecule has 1 amide bonds. The standard InChI is InChI=1S/C17H17N5O3/c1-2-3-7-18-16(23)15-11-12-10-13(22(24)25)5-6-14(12)21(15)17-19-8-4-9-20-17/h4-6,8-11H,2-3,7H2,1H3,(H,18,23). The molecular weight excluding hydrogens is 322 g/mol. The Morgan fingerprint density at radius 1 is 1.28 bits per heavy atom. The van der Waals surface area contributed by atoms with Crippen molar-refractivity contribution in [2.45, 2.75) is 19.8 Å². The summed E-state index contributed by atoms with van der Waals surface area (Å²) in [5.74, 6) is 0.0757. The predicted octanol–water partition coefficient (Wildman–Crippen LogP) is 2.86. The van der Waals surface area contributed by atoms with Crippen molar-refractivity contribution in [1.82, 2.24) is 19.9 Å². The molecule has 1 aromatic carbocycles. The maximum absolute atomic E-state index is 12.6. The number of carbonyl (C=O) groups excluding carboxylic acids is 1. The summed E-state index contributed by atoms with van der Waals surface area (Å²) in [5.41, 5.74) is 0.951. The van der Waals surface area contributed by atoms with Crippen LogP contribution < -0.4 is 5.32 Å². The number of fused-ring (bicyclic) bond motifs is 1. The van der Waals surface area contributed by atoms with Gasteiger partial charge in [0.2, 0.25) is 5.95 Å². The van der Waals surface area contributed by atoms with Crippen LogP contribution in [0.5, 0.6) is 0 Å². The number of nitrogens with zero attached hydrogens (tertiary/aromatic N) is 4. The monoisotopic (exact) mass is 339 g/mol. The van der Waals surface area contributed by atoms with Gasteiger partial charge in [0, 0.05) is 36.5 Å². The third-order valence-electron chi connectivity index (χ3n) is 3.80. The van der Waals surface area contributed by atoms with Gasteiger partial charge in [-0.3, -0.25) is 19.5 Å². The third-order valence-corrected chi connectivity index (χ3v) is 3.80. The summed E-state index contributed by atoms with van der Waals surface area (Å²) in [6.07, 6.45) is 5.01. The van der Waals surface area contributed by atoms with E-state index in [-0.39, 0.29) is 11.6 Å². The van der Waals surface area contributed by atoms with Crippen molar-refractivity contribution in [2.24, 2.45) is 0 Å². The van der Waals surface area contributed by atoms with Crippen molar-refractivity contribution >= 4 is 22.5 Å². The average Bonchev–Trinajstić information content (AvgIpc) is 3.01. The lowest BCUT2D eigenvalue weighted by Crippen LogP contribution is -2.26. The summed E-state index contributed by atoms with van der Waals surface area (Å²) in [4.78, 5) is 31.5. The van der Waals surface area contributed by atoms with Crippen LogP contribution in [-0.4, -0.2) is 31.9 Å². The van der Waals surface area contributed by atoms with Crippen LogP contribution >= 0.6 is 0 Å². The van der Waals surface area contributed by atoms with Gasteiger partial charge in [0.15, 0.2) is 0 Å². The van der Waals surface area contributed by atoms with E-state index in [4.69, 9.17) is 0 Å². The second kappa shape index (κ2) is 7.08. The number of nitrogens with one attached hydrogen (secondary N) is 1. The summed E-state index contributed by atoms with van der Waals surface area (Å²) in [6.45, 7) is 2.60. The number of hydrogen-bond donors (Lipinski definition) is 1. The smallest absolute Gasteiger partial charge is 0.270 e. The van der Waals surface area contributed by atoms with E-state index in [0.29, 0.717) is 29.1 Å². The first-order chi connectivity index (χ1) is 12.1. The van der Waals surface area contributed by atoms with E-state index in [0.717, 1.165) is 12.8 Å². The fourth-order valence-electron chi connectivity index (χ4n) is 2.57. The van der Waals surface area contributed by atoms with E-state index in [2.05, 4.69) is 15.3 Å². The maximum Gasteiger partial charge on any atom is 0.270 e. The molecule has 2 heterocycles. The first kappa shape index (κ1) is 16.6. The van der Waals surface area contributed by atoms with Crippen LogP contribution in [0.2, 0.25) is 0 Å². The number of unbranched alkanes of at least 4 members (excludes halogenated alkanes) is 1. The van der Waals surface area contributed by atoms with Gasteiger partial charge in [-0.15, -0.1) is 0 Å². The van der Waals surface area contributed by atoms with E-state index in [1.165, 1.54) is 12.1 Å². The van der Waals surface area contributed by atoms with Gasteiger partial charge in [0.05, 0.1) is 10.4 Å². The Morgan fingerprint density at radius 2 is 2.04 bits per heavy atom. The van der Waals surface area contributed by atoms with E-state index < -0.39 is 4.92 Å². The Balaban J connectivity index is 2.13. The van der Waals surface area contributed by atoms with E-state index >= 15 is 0 Å². The molecule has 0 saturated carbocycles. The zero-order chi connectivity index (χ0) is 17.8. The number of carbonyl (C=O) groups is 1. The van der Waals surface area contributed by atoms with Gasteiger partial charge < -0.3 is 5.32 Å². The van der Waals surface area contributed by atoms with Crippen LogP contribution in [0, 0.1) is 10.1 Å². The minimum atomic E-state index is -0.462. The van der Waals surface area contributed by atoms with Crippen LogP contribution in [0.15, 0.2) is 42.7 Å². The van der Waals surface area contributed by atoms with Crippen molar-refractivity contribution in [3.63, 3.8) is 0 Å². The number of amides is 1. The minimum absolute atomic E-state index is 0.0310. The molecule has 0 aliphatic rings. The highest BCUT2D eigenvalue weighted by molar-refractivity contribution is 6.00. The Morgan fingerprint density at radius 3 is 2.72 bits per heavy atom. The number of non-ortho nitro benzene ring substituents is 1. The van der Waals surface area contributed by atoms with Crippen molar-refractivity contribution in [2.75, 3.05) is 6.54 Å². The first-order valence-electron chi connectivity index (χ1n) is 7.97. The lowest BCUT2D eigenvalue weighted by atomic mass is 10.2. The molecule has 0 unspecified atom stereocenters. The number of rotatable bonds is 6. The zero-order valence-corrected chi connectivity index (χ0v) is 13.7.